The monoisotopic (exact) mass is 373 g/mol. The zero-order valence-electron chi connectivity index (χ0n) is 15.2. The SMILES string of the molecule is O=C(CCCCCCC1CC(C(=O)O)C1)c1cc(-c2ccc(F)cc2)on1. The summed E-state index contributed by atoms with van der Waals surface area (Å²) in [6, 6.07) is 7.45. The van der Waals surface area contributed by atoms with Gasteiger partial charge in [0, 0.05) is 18.1 Å². The maximum atomic E-state index is 13.0. The first kappa shape index (κ1) is 19.3. The van der Waals surface area contributed by atoms with Crippen LogP contribution in [0.25, 0.3) is 11.3 Å². The number of benzene rings is 1. The molecule has 1 N–H and O–H groups in total. The summed E-state index contributed by atoms with van der Waals surface area (Å²) in [4.78, 5) is 23.0. The van der Waals surface area contributed by atoms with E-state index in [1.54, 1.807) is 18.2 Å². The number of ketones is 1. The van der Waals surface area contributed by atoms with Gasteiger partial charge in [0.2, 0.25) is 0 Å². The van der Waals surface area contributed by atoms with E-state index < -0.39 is 5.97 Å². The van der Waals surface area contributed by atoms with Gasteiger partial charge in [-0.15, -0.1) is 0 Å². The average molecular weight is 373 g/mol. The van der Waals surface area contributed by atoms with Gasteiger partial charge in [0.15, 0.2) is 11.5 Å². The van der Waals surface area contributed by atoms with Crippen molar-refractivity contribution in [2.45, 2.75) is 51.4 Å². The fourth-order valence-corrected chi connectivity index (χ4v) is 3.53. The molecule has 1 saturated carbocycles. The van der Waals surface area contributed by atoms with Gasteiger partial charge in [-0.25, -0.2) is 4.39 Å². The number of carbonyl (C=O) groups is 2. The standard InChI is InChI=1S/C21H24FNO4/c22-17-9-7-15(8-10-17)20-13-18(23-27-20)19(24)6-4-2-1-3-5-14-11-16(12-14)21(25)26/h7-10,13-14,16H,1-6,11-12H2,(H,25,26). The molecule has 6 heteroatoms. The highest BCUT2D eigenvalue weighted by molar-refractivity contribution is 5.94. The highest BCUT2D eigenvalue weighted by atomic mass is 19.1. The van der Waals surface area contributed by atoms with Crippen LogP contribution in [0, 0.1) is 17.7 Å². The Hall–Kier alpha value is -2.50. The predicted molar refractivity (Wildman–Crippen MR) is 97.8 cm³/mol. The number of carbonyl (C=O) groups excluding carboxylic acids is 1. The van der Waals surface area contributed by atoms with Gasteiger partial charge in [0.1, 0.15) is 11.5 Å². The van der Waals surface area contributed by atoms with Crippen molar-refractivity contribution < 1.29 is 23.6 Å². The molecular formula is C21H24FNO4. The van der Waals surface area contributed by atoms with Crippen LogP contribution in [0.4, 0.5) is 4.39 Å². The molecule has 0 spiro atoms. The van der Waals surface area contributed by atoms with Crippen LogP contribution >= 0.6 is 0 Å². The van der Waals surface area contributed by atoms with Crippen molar-refractivity contribution in [3.05, 3.63) is 41.8 Å². The van der Waals surface area contributed by atoms with Gasteiger partial charge in [-0.05, 0) is 49.4 Å². The number of unbranched alkanes of at least 4 members (excludes halogenated alkanes) is 3. The maximum Gasteiger partial charge on any atom is 0.306 e. The fourth-order valence-electron chi connectivity index (χ4n) is 3.53. The summed E-state index contributed by atoms with van der Waals surface area (Å²) in [5.74, 6) is -0.148. The van der Waals surface area contributed by atoms with Crippen LogP contribution < -0.4 is 0 Å². The molecule has 0 amide bonds. The van der Waals surface area contributed by atoms with Crippen molar-refractivity contribution in [2.75, 3.05) is 0 Å². The number of carboxylic acid groups (broad SMARTS) is 1. The molecule has 1 aromatic carbocycles. The number of hydrogen-bond donors (Lipinski definition) is 1. The molecule has 0 unspecified atom stereocenters. The van der Waals surface area contributed by atoms with E-state index in [0.29, 0.717) is 29.4 Å². The van der Waals surface area contributed by atoms with E-state index in [1.165, 1.54) is 12.1 Å². The number of hydrogen-bond acceptors (Lipinski definition) is 4. The van der Waals surface area contributed by atoms with Crippen molar-refractivity contribution in [3.8, 4) is 11.3 Å². The van der Waals surface area contributed by atoms with Crippen LogP contribution in [0.15, 0.2) is 34.9 Å². The van der Waals surface area contributed by atoms with E-state index in [9.17, 15) is 14.0 Å². The molecule has 0 bridgehead atoms. The molecule has 0 aliphatic heterocycles. The second-order valence-corrected chi connectivity index (χ2v) is 7.33. The number of rotatable bonds is 10. The summed E-state index contributed by atoms with van der Waals surface area (Å²) in [6.45, 7) is 0. The van der Waals surface area contributed by atoms with Crippen LogP contribution in [0.5, 0.6) is 0 Å². The average Bonchev–Trinajstić information content (AvgIpc) is 3.09. The van der Waals surface area contributed by atoms with E-state index >= 15 is 0 Å². The summed E-state index contributed by atoms with van der Waals surface area (Å²) in [5, 5.41) is 12.7. The van der Waals surface area contributed by atoms with Gasteiger partial charge in [0.05, 0.1) is 5.92 Å². The van der Waals surface area contributed by atoms with Crippen molar-refractivity contribution in [1.29, 1.82) is 0 Å². The molecule has 3 rings (SSSR count). The summed E-state index contributed by atoms with van der Waals surface area (Å²) in [7, 11) is 0. The minimum absolute atomic E-state index is 0.0459. The van der Waals surface area contributed by atoms with E-state index in [-0.39, 0.29) is 17.5 Å². The van der Waals surface area contributed by atoms with Gasteiger partial charge in [-0.2, -0.15) is 0 Å². The number of carboxylic acids is 1. The minimum atomic E-state index is -0.666. The molecule has 0 radical (unpaired) electrons. The fraction of sp³-hybridized carbons (Fsp3) is 0.476. The number of Topliss-reactive ketones (excluding diaryl/α,β-unsaturated/α-hetero) is 1. The highest BCUT2D eigenvalue weighted by Gasteiger charge is 2.33. The Kier molecular flexibility index (Phi) is 6.37. The van der Waals surface area contributed by atoms with Gasteiger partial charge >= 0.3 is 5.97 Å². The smallest absolute Gasteiger partial charge is 0.306 e. The Morgan fingerprint density at radius 2 is 1.81 bits per heavy atom. The highest BCUT2D eigenvalue weighted by Crippen LogP contribution is 2.37. The van der Waals surface area contributed by atoms with Gasteiger partial charge in [-0.1, -0.05) is 30.8 Å². The lowest BCUT2D eigenvalue weighted by Crippen LogP contribution is -2.30. The quantitative estimate of drug-likeness (QED) is 0.462. The Bertz CT molecular complexity index is 778. The van der Waals surface area contributed by atoms with Crippen molar-refractivity contribution in [2.24, 2.45) is 11.8 Å². The number of nitrogens with zero attached hydrogens (tertiary/aromatic N) is 1. The van der Waals surface area contributed by atoms with E-state index in [1.807, 2.05) is 0 Å². The Balaban J connectivity index is 1.32. The molecule has 144 valence electrons. The molecule has 5 nitrogen and oxygen atoms in total. The molecule has 0 saturated heterocycles. The van der Waals surface area contributed by atoms with Crippen molar-refractivity contribution in [3.63, 3.8) is 0 Å². The molecule has 1 aliphatic carbocycles. The van der Waals surface area contributed by atoms with Crippen LogP contribution in [-0.2, 0) is 4.79 Å². The first-order valence-corrected chi connectivity index (χ1v) is 9.51. The normalized spacial score (nSPS) is 18.9. The number of aliphatic carboxylic acids is 1. The van der Waals surface area contributed by atoms with E-state index in [4.69, 9.17) is 9.63 Å². The molecule has 2 aromatic rings. The first-order valence-electron chi connectivity index (χ1n) is 9.51. The Morgan fingerprint density at radius 3 is 2.52 bits per heavy atom. The zero-order chi connectivity index (χ0) is 19.2. The maximum absolute atomic E-state index is 13.0. The van der Waals surface area contributed by atoms with E-state index in [2.05, 4.69) is 5.16 Å². The summed E-state index contributed by atoms with van der Waals surface area (Å²) < 4.78 is 18.1. The predicted octanol–water partition coefficient (Wildman–Crippen LogP) is 5.11. The lowest BCUT2D eigenvalue weighted by Gasteiger charge is -2.32. The Labute approximate surface area is 157 Å². The number of halogens is 1. The third-order valence-corrected chi connectivity index (χ3v) is 5.28. The summed E-state index contributed by atoms with van der Waals surface area (Å²) in [5.41, 5.74) is 0.993. The molecule has 27 heavy (non-hydrogen) atoms. The molecule has 1 heterocycles. The van der Waals surface area contributed by atoms with E-state index in [0.717, 1.165) is 44.9 Å². The van der Waals surface area contributed by atoms with Gasteiger partial charge < -0.3 is 9.63 Å². The lowest BCUT2D eigenvalue weighted by atomic mass is 9.72. The molecular weight excluding hydrogens is 349 g/mol. The second-order valence-electron chi connectivity index (χ2n) is 7.33. The molecule has 1 fully saturated rings. The van der Waals surface area contributed by atoms with Crippen LogP contribution in [0.2, 0.25) is 0 Å². The lowest BCUT2D eigenvalue weighted by molar-refractivity contribution is -0.146. The van der Waals surface area contributed by atoms with Crippen LogP contribution in [0.3, 0.4) is 0 Å². The van der Waals surface area contributed by atoms with Gasteiger partial charge in [0.25, 0.3) is 0 Å². The Morgan fingerprint density at radius 1 is 1.11 bits per heavy atom. The third-order valence-electron chi connectivity index (χ3n) is 5.28. The summed E-state index contributed by atoms with van der Waals surface area (Å²) in [6.07, 6.45) is 7.07. The van der Waals surface area contributed by atoms with Crippen LogP contribution in [0.1, 0.15) is 61.9 Å². The van der Waals surface area contributed by atoms with Crippen LogP contribution in [-0.4, -0.2) is 22.0 Å². The minimum Gasteiger partial charge on any atom is -0.481 e. The zero-order valence-corrected chi connectivity index (χ0v) is 15.2. The second kappa shape index (κ2) is 8.93. The van der Waals surface area contributed by atoms with Gasteiger partial charge in [-0.3, -0.25) is 9.59 Å². The number of aromatic nitrogens is 1. The first-order chi connectivity index (χ1) is 13.0. The molecule has 0 atom stereocenters. The third kappa shape index (κ3) is 5.25. The molecule has 1 aromatic heterocycles. The van der Waals surface area contributed by atoms with Crippen molar-refractivity contribution >= 4 is 11.8 Å². The molecule has 1 aliphatic rings. The topological polar surface area (TPSA) is 80.4 Å². The largest absolute Gasteiger partial charge is 0.481 e. The summed E-state index contributed by atoms with van der Waals surface area (Å²) >= 11 is 0. The van der Waals surface area contributed by atoms with Crippen molar-refractivity contribution in [1.82, 2.24) is 5.16 Å².